The van der Waals surface area contributed by atoms with Crippen molar-refractivity contribution in [3.05, 3.63) is 60.8 Å². The molecule has 0 saturated carbocycles. The molecule has 3 aliphatic heterocycles. The van der Waals surface area contributed by atoms with Gasteiger partial charge in [0, 0.05) is 6.42 Å². The van der Waals surface area contributed by atoms with Crippen molar-refractivity contribution < 1.29 is 89.4 Å². The SMILES string of the molecule is CCCC/C=C\C/C=C\CCCCCCCC(=O)NC(COC1OC(CO)C(OC2OC(CO)C(OC3OC(CO)C(O)C(O)C3O)C(O)C2O)C(O)C1O)C(O)/C=C/CC/C=C/CC/C=C/CCCCCCCCCCCCCCCCCCCCC. The Balaban J connectivity index is 1.44. The molecule has 19 heteroatoms. The predicted octanol–water partition coefficient (Wildman–Crippen LogP) is 8.77. The van der Waals surface area contributed by atoms with Crippen LogP contribution in [0, 0.1) is 0 Å². The number of amides is 1. The molecular formula is C69H123NO18. The highest BCUT2D eigenvalue weighted by atomic mass is 16.8. The minimum Gasteiger partial charge on any atom is -0.394 e. The van der Waals surface area contributed by atoms with Crippen LogP contribution in [0.2, 0.25) is 0 Å². The summed E-state index contributed by atoms with van der Waals surface area (Å²) in [5.74, 6) is -0.305. The zero-order valence-electron chi connectivity index (χ0n) is 53.9. The molecule has 19 nitrogen and oxygen atoms in total. The molecule has 17 unspecified atom stereocenters. The molecule has 0 radical (unpaired) electrons. The van der Waals surface area contributed by atoms with Gasteiger partial charge in [0.2, 0.25) is 5.91 Å². The molecule has 0 spiro atoms. The number of allylic oxidation sites excluding steroid dienone is 9. The van der Waals surface area contributed by atoms with E-state index < -0.39 is 124 Å². The summed E-state index contributed by atoms with van der Waals surface area (Å²) in [6, 6.07) is -1.01. The Morgan fingerprint density at radius 2 is 0.773 bits per heavy atom. The predicted molar refractivity (Wildman–Crippen MR) is 342 cm³/mol. The Morgan fingerprint density at radius 1 is 0.409 bits per heavy atom. The first-order valence-electron chi connectivity index (χ1n) is 34.5. The number of unbranched alkanes of at least 4 members (excludes halogenated alkanes) is 28. The van der Waals surface area contributed by atoms with E-state index in [0.29, 0.717) is 12.8 Å². The zero-order valence-corrected chi connectivity index (χ0v) is 53.9. The normalized spacial score (nSPS) is 28.8. The fraction of sp³-hybridized carbons (Fsp3) is 0.841. The molecule has 3 fully saturated rings. The van der Waals surface area contributed by atoms with Crippen molar-refractivity contribution in [1.29, 1.82) is 0 Å². The van der Waals surface area contributed by atoms with Crippen LogP contribution in [-0.2, 0) is 33.2 Å². The van der Waals surface area contributed by atoms with E-state index in [9.17, 15) is 61.0 Å². The summed E-state index contributed by atoms with van der Waals surface area (Å²) in [5.41, 5.74) is 0. The van der Waals surface area contributed by atoms with Gasteiger partial charge in [0.1, 0.15) is 73.2 Å². The number of hydrogen-bond donors (Lipinski definition) is 12. The van der Waals surface area contributed by atoms with Crippen molar-refractivity contribution in [3.8, 4) is 0 Å². The quantitative estimate of drug-likeness (QED) is 0.0200. The lowest BCUT2D eigenvalue weighted by Crippen LogP contribution is -2.66. The molecule has 0 aromatic heterocycles. The smallest absolute Gasteiger partial charge is 0.220 e. The van der Waals surface area contributed by atoms with E-state index in [1.165, 1.54) is 135 Å². The average molecular weight is 1250 g/mol. The second-order valence-corrected chi connectivity index (χ2v) is 24.6. The maximum Gasteiger partial charge on any atom is 0.220 e. The van der Waals surface area contributed by atoms with E-state index in [-0.39, 0.29) is 18.9 Å². The highest BCUT2D eigenvalue weighted by Gasteiger charge is 2.53. The van der Waals surface area contributed by atoms with Gasteiger partial charge >= 0.3 is 0 Å². The lowest BCUT2D eigenvalue weighted by atomic mass is 9.96. The summed E-state index contributed by atoms with van der Waals surface area (Å²) >= 11 is 0. The molecule has 512 valence electrons. The molecule has 3 saturated heterocycles. The minimum absolute atomic E-state index is 0.214. The van der Waals surface area contributed by atoms with E-state index >= 15 is 0 Å². The fourth-order valence-corrected chi connectivity index (χ4v) is 11.4. The van der Waals surface area contributed by atoms with Crippen molar-refractivity contribution in [1.82, 2.24) is 5.32 Å². The van der Waals surface area contributed by atoms with Gasteiger partial charge in [0.25, 0.3) is 0 Å². The highest BCUT2D eigenvalue weighted by Crippen LogP contribution is 2.33. The maximum absolute atomic E-state index is 13.3. The second kappa shape index (κ2) is 51.0. The lowest BCUT2D eigenvalue weighted by Gasteiger charge is -2.48. The van der Waals surface area contributed by atoms with Gasteiger partial charge in [-0.1, -0.05) is 222 Å². The monoisotopic (exact) mass is 1250 g/mol. The van der Waals surface area contributed by atoms with Crippen LogP contribution in [0.25, 0.3) is 0 Å². The highest BCUT2D eigenvalue weighted by molar-refractivity contribution is 5.76. The second-order valence-electron chi connectivity index (χ2n) is 24.6. The van der Waals surface area contributed by atoms with Gasteiger partial charge in [-0.15, -0.1) is 0 Å². The molecule has 0 aromatic carbocycles. The van der Waals surface area contributed by atoms with Gasteiger partial charge in [-0.25, -0.2) is 0 Å². The molecule has 0 aromatic rings. The number of nitrogens with one attached hydrogen (secondary N) is 1. The Labute approximate surface area is 528 Å². The molecule has 0 aliphatic carbocycles. The fourth-order valence-electron chi connectivity index (χ4n) is 11.4. The van der Waals surface area contributed by atoms with Gasteiger partial charge in [0.15, 0.2) is 18.9 Å². The largest absolute Gasteiger partial charge is 0.394 e. The van der Waals surface area contributed by atoms with E-state index in [2.05, 4.69) is 67.8 Å². The lowest BCUT2D eigenvalue weighted by molar-refractivity contribution is -0.379. The average Bonchev–Trinajstić information content (AvgIpc) is 2.85. The van der Waals surface area contributed by atoms with E-state index in [1.54, 1.807) is 6.08 Å². The Hall–Kier alpha value is -2.51. The topological polar surface area (TPSA) is 307 Å². The first kappa shape index (κ1) is 79.7. The first-order valence-corrected chi connectivity index (χ1v) is 34.5. The van der Waals surface area contributed by atoms with E-state index in [0.717, 1.165) is 70.6 Å². The summed E-state index contributed by atoms with van der Waals surface area (Å²) in [6.07, 6.45) is 35.1. The van der Waals surface area contributed by atoms with Crippen molar-refractivity contribution in [2.75, 3.05) is 26.4 Å². The number of ether oxygens (including phenoxy) is 6. The third kappa shape index (κ3) is 32.9. The van der Waals surface area contributed by atoms with Crippen LogP contribution in [0.5, 0.6) is 0 Å². The number of aliphatic hydroxyl groups is 11. The number of aliphatic hydroxyl groups excluding tert-OH is 11. The number of hydrogen-bond acceptors (Lipinski definition) is 18. The number of carbonyl (C=O) groups is 1. The third-order valence-electron chi connectivity index (χ3n) is 17.0. The van der Waals surface area contributed by atoms with Crippen LogP contribution >= 0.6 is 0 Å². The van der Waals surface area contributed by atoms with Gasteiger partial charge in [-0.05, 0) is 70.6 Å². The molecule has 17 atom stereocenters. The van der Waals surface area contributed by atoms with Crippen LogP contribution in [-0.4, -0.2) is 193 Å². The zero-order chi connectivity index (χ0) is 64.0. The first-order chi connectivity index (χ1) is 42.8. The Kier molecular flexibility index (Phi) is 46.2. The molecule has 0 bridgehead atoms. The standard InChI is InChI=1S/C69H123NO18/c1-3-5-7-9-11-13-15-17-19-20-21-22-23-24-25-26-27-28-29-30-31-32-33-34-36-38-40-42-44-46-53(74)52(70-57(75)47-45-43-41-39-37-35-18-16-14-12-10-8-6-4-2)51-83-67-63(81)60(78)65(55(49-72)85-67)88-69-64(82)61(79)66(56(50-73)86-69)87-68-62(80)59(77)58(76)54(48-71)84-68/h10,12,16,18,31-32,36,38,44,46,52-56,58-69,71-74,76-82H,3-9,11,13-15,17,19-30,33-35,37,39-43,45,47-51H2,1-2H3,(H,70,75)/b12-10-,18-16-,32-31+,38-36+,46-44+. The molecule has 3 aliphatic rings. The van der Waals surface area contributed by atoms with E-state index in [4.69, 9.17) is 28.4 Å². The molecule has 3 rings (SSSR count). The Bertz CT molecular complexity index is 1830. The van der Waals surface area contributed by atoms with Gasteiger partial charge in [-0.2, -0.15) is 0 Å². The van der Waals surface area contributed by atoms with Crippen LogP contribution in [0.3, 0.4) is 0 Å². The van der Waals surface area contributed by atoms with Crippen molar-refractivity contribution in [3.63, 3.8) is 0 Å². The van der Waals surface area contributed by atoms with Gasteiger partial charge in [-0.3, -0.25) is 4.79 Å². The van der Waals surface area contributed by atoms with Crippen molar-refractivity contribution in [2.45, 2.75) is 343 Å². The molecule has 1 amide bonds. The van der Waals surface area contributed by atoms with Crippen molar-refractivity contribution in [2.24, 2.45) is 0 Å². The summed E-state index contributed by atoms with van der Waals surface area (Å²) in [5, 5.41) is 120. The maximum atomic E-state index is 13.3. The van der Waals surface area contributed by atoms with Crippen LogP contribution in [0.4, 0.5) is 0 Å². The summed E-state index contributed by atoms with van der Waals surface area (Å²) in [4.78, 5) is 13.3. The van der Waals surface area contributed by atoms with Crippen molar-refractivity contribution >= 4 is 5.91 Å². The van der Waals surface area contributed by atoms with Gasteiger partial charge < -0.3 is 89.9 Å². The van der Waals surface area contributed by atoms with Crippen LogP contribution < -0.4 is 5.32 Å². The molecule has 12 N–H and O–H groups in total. The molecular weight excluding hydrogens is 1130 g/mol. The number of carbonyl (C=O) groups excluding carboxylic acids is 1. The summed E-state index contributed by atoms with van der Waals surface area (Å²) in [6.45, 7) is 1.65. The third-order valence-corrected chi connectivity index (χ3v) is 17.0. The van der Waals surface area contributed by atoms with Crippen LogP contribution in [0.1, 0.15) is 239 Å². The minimum atomic E-state index is -1.99. The summed E-state index contributed by atoms with van der Waals surface area (Å²) < 4.78 is 34.3. The number of rotatable bonds is 52. The summed E-state index contributed by atoms with van der Waals surface area (Å²) in [7, 11) is 0. The molecule has 3 heterocycles. The molecule has 88 heavy (non-hydrogen) atoms. The van der Waals surface area contributed by atoms with Crippen LogP contribution in [0.15, 0.2) is 60.8 Å². The van der Waals surface area contributed by atoms with Gasteiger partial charge in [0.05, 0.1) is 38.6 Å². The van der Waals surface area contributed by atoms with E-state index in [1.807, 2.05) is 6.08 Å². The Morgan fingerprint density at radius 3 is 1.24 bits per heavy atom.